The van der Waals surface area contributed by atoms with E-state index in [1.807, 2.05) is 11.0 Å². The van der Waals surface area contributed by atoms with Crippen molar-refractivity contribution in [2.75, 3.05) is 45.5 Å². The molecular weight excluding hydrogens is 384 g/mol. The largest absolute Gasteiger partial charge is 0.340 e. The summed E-state index contributed by atoms with van der Waals surface area (Å²) in [5.74, 6) is 0.00414. The van der Waals surface area contributed by atoms with Gasteiger partial charge in [-0.2, -0.15) is 0 Å². The Labute approximate surface area is 165 Å². The maximum atomic E-state index is 12.8. The maximum absolute atomic E-state index is 12.8. The molecule has 3 rings (SSSR count). The zero-order valence-corrected chi connectivity index (χ0v) is 16.8. The number of sulfonamides is 1. The van der Waals surface area contributed by atoms with Crippen molar-refractivity contribution in [3.05, 3.63) is 39.9 Å². The lowest BCUT2D eigenvalue weighted by Crippen LogP contribution is -2.51. The van der Waals surface area contributed by atoms with Gasteiger partial charge in [0.05, 0.1) is 11.2 Å². The molecule has 1 aromatic rings. The van der Waals surface area contributed by atoms with Gasteiger partial charge in [-0.1, -0.05) is 12.1 Å². The second kappa shape index (κ2) is 8.54. The van der Waals surface area contributed by atoms with Crippen molar-refractivity contribution in [2.45, 2.75) is 19.4 Å². The maximum Gasteiger partial charge on any atom is 0.269 e. The summed E-state index contributed by atoms with van der Waals surface area (Å²) < 4.78 is 24.6. The molecule has 0 aromatic heterocycles. The lowest BCUT2D eigenvalue weighted by Gasteiger charge is -2.38. The van der Waals surface area contributed by atoms with Crippen molar-refractivity contribution >= 4 is 21.6 Å². The van der Waals surface area contributed by atoms with Crippen molar-refractivity contribution in [3.8, 4) is 0 Å². The molecule has 0 unspecified atom stereocenters. The van der Waals surface area contributed by atoms with Crippen LogP contribution in [-0.2, 0) is 21.4 Å². The molecule has 9 nitrogen and oxygen atoms in total. The van der Waals surface area contributed by atoms with Gasteiger partial charge in [-0.15, -0.1) is 0 Å². The fourth-order valence-electron chi connectivity index (χ4n) is 3.85. The first-order valence-corrected chi connectivity index (χ1v) is 11.3. The van der Waals surface area contributed by atoms with Crippen LogP contribution < -0.4 is 0 Å². The van der Waals surface area contributed by atoms with Gasteiger partial charge in [-0.3, -0.25) is 19.8 Å². The lowest BCUT2D eigenvalue weighted by atomic mass is 9.96. The summed E-state index contributed by atoms with van der Waals surface area (Å²) in [6.45, 7) is 4.12. The van der Waals surface area contributed by atoms with Crippen LogP contribution in [0.25, 0.3) is 0 Å². The van der Waals surface area contributed by atoms with Crippen LogP contribution in [0.3, 0.4) is 0 Å². The molecule has 1 aromatic carbocycles. The van der Waals surface area contributed by atoms with Gasteiger partial charge in [0.25, 0.3) is 5.69 Å². The van der Waals surface area contributed by atoms with E-state index in [1.54, 1.807) is 12.1 Å². The zero-order valence-electron chi connectivity index (χ0n) is 16.0. The average Bonchev–Trinajstić information content (AvgIpc) is 2.68. The van der Waals surface area contributed by atoms with Gasteiger partial charge in [-0.05, 0) is 18.4 Å². The Hall–Kier alpha value is -2.04. The molecule has 154 valence electrons. The van der Waals surface area contributed by atoms with Gasteiger partial charge in [0.15, 0.2) is 0 Å². The third-order valence-corrected chi connectivity index (χ3v) is 6.79. The number of carbonyl (C=O) groups excluding carboxylic acids is 1. The van der Waals surface area contributed by atoms with Crippen LogP contribution >= 0.6 is 0 Å². The highest BCUT2D eigenvalue weighted by atomic mass is 32.2. The minimum atomic E-state index is -3.19. The van der Waals surface area contributed by atoms with Crippen LogP contribution in [0.4, 0.5) is 5.69 Å². The number of nitro groups is 1. The molecule has 0 atom stereocenters. The smallest absolute Gasteiger partial charge is 0.269 e. The molecule has 1 amide bonds. The van der Waals surface area contributed by atoms with Gasteiger partial charge in [-0.25, -0.2) is 12.7 Å². The molecule has 0 radical (unpaired) electrons. The number of benzene rings is 1. The van der Waals surface area contributed by atoms with Gasteiger partial charge < -0.3 is 4.90 Å². The highest BCUT2D eigenvalue weighted by Gasteiger charge is 2.32. The molecule has 2 heterocycles. The van der Waals surface area contributed by atoms with E-state index in [-0.39, 0.29) is 17.5 Å². The number of hydrogen-bond acceptors (Lipinski definition) is 6. The molecule has 2 saturated heterocycles. The molecule has 0 saturated carbocycles. The Morgan fingerprint density at radius 1 is 1.14 bits per heavy atom. The number of non-ortho nitro benzene ring substituents is 1. The Morgan fingerprint density at radius 3 is 2.36 bits per heavy atom. The third-order valence-electron chi connectivity index (χ3n) is 5.48. The standard InChI is InChI=1S/C18H26N4O5S/c1-28(26,27)21-7-5-16(6-8-21)18(23)20-11-9-19(10-12-20)14-15-3-2-4-17(13-15)22(24)25/h2-4,13,16H,5-12,14H2,1H3. The molecule has 10 heteroatoms. The van der Waals surface area contributed by atoms with Crippen molar-refractivity contribution < 1.29 is 18.1 Å². The number of piperazine rings is 1. The van der Waals surface area contributed by atoms with Crippen LogP contribution in [0.2, 0.25) is 0 Å². The molecule has 0 spiro atoms. The number of rotatable bonds is 5. The summed E-state index contributed by atoms with van der Waals surface area (Å²) in [7, 11) is -3.19. The summed E-state index contributed by atoms with van der Waals surface area (Å²) >= 11 is 0. The monoisotopic (exact) mass is 410 g/mol. The van der Waals surface area contributed by atoms with Crippen LogP contribution in [0.5, 0.6) is 0 Å². The van der Waals surface area contributed by atoms with Gasteiger partial charge >= 0.3 is 0 Å². The van der Waals surface area contributed by atoms with E-state index >= 15 is 0 Å². The third kappa shape index (κ3) is 5.06. The van der Waals surface area contributed by atoms with E-state index in [1.165, 1.54) is 16.6 Å². The molecule has 28 heavy (non-hydrogen) atoms. The molecule has 2 fully saturated rings. The molecular formula is C18H26N4O5S. The molecule has 2 aliphatic rings. The SMILES string of the molecule is CS(=O)(=O)N1CCC(C(=O)N2CCN(Cc3cccc([N+](=O)[O-])c3)CC2)CC1. The van der Waals surface area contributed by atoms with Crippen molar-refractivity contribution in [1.82, 2.24) is 14.1 Å². The van der Waals surface area contributed by atoms with E-state index < -0.39 is 14.9 Å². The quantitative estimate of drug-likeness (QED) is 0.528. The summed E-state index contributed by atoms with van der Waals surface area (Å²) in [5, 5.41) is 10.9. The first kappa shape index (κ1) is 20.7. The fourth-order valence-corrected chi connectivity index (χ4v) is 4.72. The van der Waals surface area contributed by atoms with Crippen molar-refractivity contribution in [1.29, 1.82) is 0 Å². The molecule has 0 bridgehead atoms. The molecule has 0 N–H and O–H groups in total. The minimum absolute atomic E-state index is 0.0896. The fraction of sp³-hybridized carbons (Fsp3) is 0.611. The van der Waals surface area contributed by atoms with Crippen LogP contribution in [0, 0.1) is 16.0 Å². The molecule has 2 aliphatic heterocycles. The van der Waals surface area contributed by atoms with Crippen LogP contribution in [-0.4, -0.2) is 78.9 Å². The Kier molecular flexibility index (Phi) is 6.31. The predicted octanol–water partition coefficient (Wildman–Crippen LogP) is 0.911. The van der Waals surface area contributed by atoms with E-state index in [0.29, 0.717) is 45.6 Å². The lowest BCUT2D eigenvalue weighted by molar-refractivity contribution is -0.384. The Balaban J connectivity index is 1.48. The first-order valence-electron chi connectivity index (χ1n) is 9.43. The minimum Gasteiger partial charge on any atom is -0.340 e. The van der Waals surface area contributed by atoms with Crippen molar-refractivity contribution in [2.24, 2.45) is 5.92 Å². The topological polar surface area (TPSA) is 104 Å². The Morgan fingerprint density at radius 2 is 1.79 bits per heavy atom. The van der Waals surface area contributed by atoms with E-state index in [2.05, 4.69) is 4.90 Å². The average molecular weight is 410 g/mol. The zero-order chi connectivity index (χ0) is 20.3. The normalized spacial score (nSPS) is 20.2. The van der Waals surface area contributed by atoms with Crippen LogP contribution in [0.15, 0.2) is 24.3 Å². The van der Waals surface area contributed by atoms with Gasteiger partial charge in [0.2, 0.25) is 15.9 Å². The summed E-state index contributed by atoms with van der Waals surface area (Å²) in [6, 6.07) is 6.64. The number of piperidine rings is 1. The van der Waals surface area contributed by atoms with Crippen molar-refractivity contribution in [3.63, 3.8) is 0 Å². The number of hydrogen-bond donors (Lipinski definition) is 0. The predicted molar refractivity (Wildman–Crippen MR) is 104 cm³/mol. The van der Waals surface area contributed by atoms with Gasteiger partial charge in [0.1, 0.15) is 0 Å². The summed E-state index contributed by atoms with van der Waals surface area (Å²) in [4.78, 5) is 27.3. The first-order chi connectivity index (χ1) is 13.2. The van der Waals surface area contributed by atoms with Crippen LogP contribution in [0.1, 0.15) is 18.4 Å². The molecule has 0 aliphatic carbocycles. The highest BCUT2D eigenvalue weighted by Crippen LogP contribution is 2.22. The van der Waals surface area contributed by atoms with Gasteiger partial charge in [0, 0.05) is 63.9 Å². The second-order valence-corrected chi connectivity index (χ2v) is 9.45. The summed E-state index contributed by atoms with van der Waals surface area (Å²) in [6.07, 6.45) is 2.34. The highest BCUT2D eigenvalue weighted by molar-refractivity contribution is 7.88. The summed E-state index contributed by atoms with van der Waals surface area (Å²) in [5.41, 5.74) is 0.980. The number of nitrogens with zero attached hydrogens (tertiary/aromatic N) is 4. The number of nitro benzene ring substituents is 1. The van der Waals surface area contributed by atoms with E-state index in [9.17, 15) is 23.3 Å². The number of carbonyl (C=O) groups is 1. The van der Waals surface area contributed by atoms with E-state index in [4.69, 9.17) is 0 Å². The van der Waals surface area contributed by atoms with E-state index in [0.717, 1.165) is 18.7 Å². The second-order valence-electron chi connectivity index (χ2n) is 7.46. The number of amides is 1. The Bertz CT molecular complexity index is 828.